The van der Waals surface area contributed by atoms with E-state index in [1.54, 1.807) is 18.2 Å². The lowest BCUT2D eigenvalue weighted by molar-refractivity contribution is -0.383. The third kappa shape index (κ3) is 4.00. The van der Waals surface area contributed by atoms with Crippen LogP contribution in [0.3, 0.4) is 0 Å². The smallest absolute Gasteiger partial charge is 0.353 e. The topological polar surface area (TPSA) is 87.4 Å². The monoisotopic (exact) mass is 408 g/mol. The Labute approximate surface area is 173 Å². The summed E-state index contributed by atoms with van der Waals surface area (Å²) in [5.74, 6) is 0.131. The Morgan fingerprint density at radius 3 is 2.33 bits per heavy atom. The van der Waals surface area contributed by atoms with Crippen molar-refractivity contribution in [2.45, 2.75) is 6.92 Å². The number of hydrogen-bond acceptors (Lipinski definition) is 7. The van der Waals surface area contributed by atoms with Crippen molar-refractivity contribution >= 4 is 28.7 Å². The van der Waals surface area contributed by atoms with Gasteiger partial charge in [0.1, 0.15) is 12.1 Å². The highest BCUT2D eigenvalue weighted by Crippen LogP contribution is 2.34. The molecule has 1 saturated heterocycles. The van der Waals surface area contributed by atoms with Crippen molar-refractivity contribution in [1.82, 2.24) is 9.97 Å². The zero-order valence-corrected chi connectivity index (χ0v) is 16.5. The molecule has 2 heterocycles. The highest BCUT2D eigenvalue weighted by atomic mass is 19.1. The molecule has 1 aliphatic heterocycles. The van der Waals surface area contributed by atoms with Crippen molar-refractivity contribution < 1.29 is 9.31 Å². The number of anilines is 4. The van der Waals surface area contributed by atoms with Gasteiger partial charge in [0.25, 0.3) is 0 Å². The zero-order chi connectivity index (χ0) is 21.1. The number of piperazine rings is 1. The molecule has 0 bridgehead atoms. The maximum Gasteiger partial charge on any atom is 0.353 e. The zero-order valence-electron chi connectivity index (χ0n) is 16.5. The van der Waals surface area contributed by atoms with E-state index in [9.17, 15) is 14.5 Å². The minimum absolute atomic E-state index is 0.144. The lowest BCUT2D eigenvalue weighted by Crippen LogP contribution is -2.47. The van der Waals surface area contributed by atoms with Gasteiger partial charge in [0.2, 0.25) is 11.6 Å². The van der Waals surface area contributed by atoms with Crippen LogP contribution in [0.4, 0.5) is 33.1 Å². The van der Waals surface area contributed by atoms with Gasteiger partial charge in [-0.2, -0.15) is 0 Å². The molecule has 1 N–H and O–H groups in total. The molecule has 4 rings (SSSR count). The molecular formula is C21H21FN6O2. The number of aryl methyl sites for hydroxylation is 1. The maximum atomic E-state index is 14.1. The fourth-order valence-electron chi connectivity index (χ4n) is 3.50. The first kappa shape index (κ1) is 19.6. The van der Waals surface area contributed by atoms with Crippen LogP contribution >= 0.6 is 0 Å². The Morgan fingerprint density at radius 2 is 1.67 bits per heavy atom. The SMILES string of the molecule is Cc1ccc(Nc2ncnc(N3CCN(c4ccccc4F)CC3)c2[N+](=O)[O-])cc1. The number of aromatic nitrogens is 2. The second-order valence-corrected chi connectivity index (χ2v) is 7.07. The first-order valence-electron chi connectivity index (χ1n) is 9.60. The van der Waals surface area contributed by atoms with Gasteiger partial charge in [0, 0.05) is 31.9 Å². The number of hydrogen-bond donors (Lipinski definition) is 1. The van der Waals surface area contributed by atoms with E-state index in [2.05, 4.69) is 15.3 Å². The van der Waals surface area contributed by atoms with Gasteiger partial charge in [-0.1, -0.05) is 29.8 Å². The standard InChI is InChI=1S/C21H21FN6O2/c1-15-6-8-16(9-7-15)25-20-19(28(29)30)21(24-14-23-20)27-12-10-26(11-13-27)18-5-3-2-4-17(18)22/h2-9,14H,10-13H2,1H3,(H,23,24,25). The third-order valence-electron chi connectivity index (χ3n) is 5.07. The van der Waals surface area contributed by atoms with Crippen LogP contribution in [0.25, 0.3) is 0 Å². The summed E-state index contributed by atoms with van der Waals surface area (Å²) in [4.78, 5) is 23.5. The third-order valence-corrected chi connectivity index (χ3v) is 5.07. The molecule has 154 valence electrons. The van der Waals surface area contributed by atoms with Gasteiger partial charge < -0.3 is 15.1 Å². The van der Waals surface area contributed by atoms with Crippen molar-refractivity contribution in [2.75, 3.05) is 41.3 Å². The molecular weight excluding hydrogens is 387 g/mol. The number of nitrogens with zero attached hydrogens (tertiary/aromatic N) is 5. The lowest BCUT2D eigenvalue weighted by Gasteiger charge is -2.36. The molecule has 0 spiro atoms. The van der Waals surface area contributed by atoms with Gasteiger partial charge in [-0.3, -0.25) is 10.1 Å². The summed E-state index contributed by atoms with van der Waals surface area (Å²) in [7, 11) is 0. The second-order valence-electron chi connectivity index (χ2n) is 7.07. The molecule has 1 aromatic heterocycles. The van der Waals surface area contributed by atoms with E-state index in [0.717, 1.165) is 5.56 Å². The van der Waals surface area contributed by atoms with E-state index in [1.807, 2.05) is 41.0 Å². The van der Waals surface area contributed by atoms with E-state index >= 15 is 0 Å². The molecule has 0 amide bonds. The molecule has 0 radical (unpaired) electrons. The van der Waals surface area contributed by atoms with Crippen LogP contribution in [0.1, 0.15) is 5.56 Å². The molecule has 2 aromatic carbocycles. The largest absolute Gasteiger partial charge is 0.366 e. The van der Waals surface area contributed by atoms with Crippen molar-refractivity contribution in [3.05, 3.63) is 76.4 Å². The lowest BCUT2D eigenvalue weighted by atomic mass is 10.2. The summed E-state index contributed by atoms with van der Waals surface area (Å²) in [6.45, 7) is 3.99. The Bertz CT molecular complexity index is 1050. The summed E-state index contributed by atoms with van der Waals surface area (Å²) < 4.78 is 14.1. The van der Waals surface area contributed by atoms with E-state index in [4.69, 9.17) is 0 Å². The van der Waals surface area contributed by atoms with Crippen LogP contribution in [0.2, 0.25) is 0 Å². The molecule has 1 aliphatic rings. The van der Waals surface area contributed by atoms with Crippen molar-refractivity contribution in [2.24, 2.45) is 0 Å². The summed E-state index contributed by atoms with van der Waals surface area (Å²) in [6, 6.07) is 14.1. The molecule has 30 heavy (non-hydrogen) atoms. The molecule has 0 atom stereocenters. The van der Waals surface area contributed by atoms with Gasteiger partial charge in [-0.25, -0.2) is 14.4 Å². The van der Waals surface area contributed by atoms with Gasteiger partial charge in [-0.05, 0) is 31.2 Å². The Hall–Kier alpha value is -3.75. The molecule has 0 aliphatic carbocycles. The second kappa shape index (κ2) is 8.32. The Morgan fingerprint density at radius 1 is 1.00 bits per heavy atom. The molecule has 9 heteroatoms. The fraction of sp³-hybridized carbons (Fsp3) is 0.238. The van der Waals surface area contributed by atoms with Gasteiger partial charge >= 0.3 is 5.69 Å². The van der Waals surface area contributed by atoms with Crippen molar-refractivity contribution in [1.29, 1.82) is 0 Å². The molecule has 0 unspecified atom stereocenters. The van der Waals surface area contributed by atoms with Crippen LogP contribution in [-0.2, 0) is 0 Å². The quantitative estimate of drug-likeness (QED) is 0.506. The molecule has 3 aromatic rings. The number of benzene rings is 2. The minimum atomic E-state index is -0.463. The summed E-state index contributed by atoms with van der Waals surface area (Å²) in [5.41, 5.74) is 2.16. The minimum Gasteiger partial charge on any atom is -0.366 e. The van der Waals surface area contributed by atoms with Crippen molar-refractivity contribution in [3.63, 3.8) is 0 Å². The van der Waals surface area contributed by atoms with Gasteiger partial charge in [-0.15, -0.1) is 0 Å². The number of nitro groups is 1. The average Bonchev–Trinajstić information content (AvgIpc) is 2.75. The van der Waals surface area contributed by atoms with Gasteiger partial charge in [0.15, 0.2) is 0 Å². The fourth-order valence-corrected chi connectivity index (χ4v) is 3.50. The number of halogens is 1. The highest BCUT2D eigenvalue weighted by Gasteiger charge is 2.29. The van der Waals surface area contributed by atoms with Crippen LogP contribution in [0.5, 0.6) is 0 Å². The normalized spacial score (nSPS) is 13.9. The van der Waals surface area contributed by atoms with E-state index in [0.29, 0.717) is 37.6 Å². The van der Waals surface area contributed by atoms with Crippen LogP contribution in [0.15, 0.2) is 54.9 Å². The number of nitrogens with one attached hydrogen (secondary N) is 1. The summed E-state index contributed by atoms with van der Waals surface area (Å²) in [5, 5.41) is 14.9. The Kier molecular flexibility index (Phi) is 5.42. The van der Waals surface area contributed by atoms with Crippen molar-refractivity contribution in [3.8, 4) is 0 Å². The van der Waals surface area contributed by atoms with E-state index < -0.39 is 4.92 Å². The first-order chi connectivity index (χ1) is 14.5. The molecule has 8 nitrogen and oxygen atoms in total. The molecule has 0 saturated carbocycles. The highest BCUT2D eigenvalue weighted by molar-refractivity contribution is 5.74. The van der Waals surface area contributed by atoms with Crippen LogP contribution < -0.4 is 15.1 Å². The summed E-state index contributed by atoms with van der Waals surface area (Å²) in [6.07, 6.45) is 1.32. The molecule has 1 fully saturated rings. The predicted octanol–water partition coefficient (Wildman–Crippen LogP) is 3.90. The van der Waals surface area contributed by atoms with Crippen LogP contribution in [-0.4, -0.2) is 41.1 Å². The van der Waals surface area contributed by atoms with E-state index in [-0.39, 0.29) is 23.1 Å². The summed E-state index contributed by atoms with van der Waals surface area (Å²) >= 11 is 0. The first-order valence-corrected chi connectivity index (χ1v) is 9.60. The predicted molar refractivity (Wildman–Crippen MR) is 114 cm³/mol. The van der Waals surface area contributed by atoms with E-state index in [1.165, 1.54) is 12.4 Å². The maximum absolute atomic E-state index is 14.1. The number of para-hydroxylation sites is 1. The number of rotatable bonds is 5. The Balaban J connectivity index is 1.56. The van der Waals surface area contributed by atoms with Crippen LogP contribution in [0, 0.1) is 22.9 Å². The average molecular weight is 408 g/mol. The van der Waals surface area contributed by atoms with Gasteiger partial charge in [0.05, 0.1) is 10.6 Å².